The van der Waals surface area contributed by atoms with Gasteiger partial charge in [-0.2, -0.15) is 0 Å². The second kappa shape index (κ2) is 8.34. The number of methoxy groups -OCH3 is 1. The lowest BCUT2D eigenvalue weighted by molar-refractivity contribution is -0.136. The number of amides is 3. The van der Waals surface area contributed by atoms with Crippen molar-refractivity contribution in [2.45, 2.75) is 25.2 Å². The quantitative estimate of drug-likeness (QED) is 0.902. The van der Waals surface area contributed by atoms with Crippen LogP contribution in [0, 0.1) is 0 Å². The second-order valence-electron chi connectivity index (χ2n) is 6.77. The molecule has 3 amide bonds. The van der Waals surface area contributed by atoms with Gasteiger partial charge in [0.15, 0.2) is 0 Å². The number of urea groups is 1. The van der Waals surface area contributed by atoms with Gasteiger partial charge in [0, 0.05) is 45.8 Å². The molecule has 0 radical (unpaired) electrons. The van der Waals surface area contributed by atoms with Crippen LogP contribution in [0.25, 0.3) is 0 Å². The molecule has 0 spiro atoms. The summed E-state index contributed by atoms with van der Waals surface area (Å²) in [4.78, 5) is 27.8. The summed E-state index contributed by atoms with van der Waals surface area (Å²) in [7, 11) is 1.52. The molecule has 2 aliphatic rings. The first-order valence-corrected chi connectivity index (χ1v) is 9.06. The van der Waals surface area contributed by atoms with E-state index in [2.05, 4.69) is 29.6 Å². The Kier molecular flexibility index (Phi) is 5.91. The van der Waals surface area contributed by atoms with Gasteiger partial charge in [-0.1, -0.05) is 24.3 Å². The van der Waals surface area contributed by atoms with Gasteiger partial charge in [0.25, 0.3) is 0 Å². The lowest BCUT2D eigenvalue weighted by Gasteiger charge is -2.35. The SMILES string of the molecule is COCC(=O)N1CCN(C(=O)NCC2CCCc3ccccc32)CC1. The van der Waals surface area contributed by atoms with Crippen molar-refractivity contribution in [3.05, 3.63) is 35.4 Å². The normalized spacial score (nSPS) is 20.1. The van der Waals surface area contributed by atoms with Crippen LogP contribution in [0.15, 0.2) is 24.3 Å². The molecule has 1 saturated heterocycles. The predicted molar refractivity (Wildman–Crippen MR) is 95.5 cm³/mol. The van der Waals surface area contributed by atoms with Gasteiger partial charge in [0.05, 0.1) is 0 Å². The fraction of sp³-hybridized carbons (Fsp3) is 0.579. The lowest BCUT2D eigenvalue weighted by atomic mass is 9.83. The third-order valence-electron chi connectivity index (χ3n) is 5.18. The number of ether oxygens (including phenoxy) is 1. The number of rotatable bonds is 4. The fourth-order valence-corrected chi connectivity index (χ4v) is 3.76. The molecule has 6 nitrogen and oxygen atoms in total. The van der Waals surface area contributed by atoms with Crippen LogP contribution in [0.5, 0.6) is 0 Å². The molecule has 1 aliphatic carbocycles. The van der Waals surface area contributed by atoms with Crippen molar-refractivity contribution < 1.29 is 14.3 Å². The number of carbonyl (C=O) groups excluding carboxylic acids is 2. The number of hydrogen-bond acceptors (Lipinski definition) is 3. The molecule has 6 heteroatoms. The summed E-state index contributed by atoms with van der Waals surface area (Å²) in [5.74, 6) is 0.389. The largest absolute Gasteiger partial charge is 0.375 e. The summed E-state index contributed by atoms with van der Waals surface area (Å²) in [5.41, 5.74) is 2.79. The topological polar surface area (TPSA) is 61.9 Å². The Bertz CT molecular complexity index is 612. The maximum atomic E-state index is 12.4. The van der Waals surface area contributed by atoms with Gasteiger partial charge in [-0.15, -0.1) is 0 Å². The molecule has 1 aliphatic heterocycles. The van der Waals surface area contributed by atoms with Gasteiger partial charge in [-0.05, 0) is 30.4 Å². The van der Waals surface area contributed by atoms with E-state index >= 15 is 0 Å². The van der Waals surface area contributed by atoms with Gasteiger partial charge < -0.3 is 19.9 Å². The van der Waals surface area contributed by atoms with Crippen LogP contribution in [-0.2, 0) is 16.0 Å². The summed E-state index contributed by atoms with van der Waals surface area (Å²) >= 11 is 0. The lowest BCUT2D eigenvalue weighted by Crippen LogP contribution is -2.54. The monoisotopic (exact) mass is 345 g/mol. The van der Waals surface area contributed by atoms with E-state index in [0.717, 1.165) is 12.8 Å². The van der Waals surface area contributed by atoms with Crippen LogP contribution in [0.4, 0.5) is 4.79 Å². The predicted octanol–water partition coefficient (Wildman–Crippen LogP) is 1.61. The minimum absolute atomic E-state index is 0.0126. The van der Waals surface area contributed by atoms with Crippen molar-refractivity contribution in [1.82, 2.24) is 15.1 Å². The number of hydrogen-bond donors (Lipinski definition) is 1. The molecule has 1 aromatic rings. The molecule has 0 saturated carbocycles. The van der Waals surface area contributed by atoms with E-state index < -0.39 is 0 Å². The molecule has 25 heavy (non-hydrogen) atoms. The molecule has 1 heterocycles. The Labute approximate surface area is 149 Å². The molecule has 1 N–H and O–H groups in total. The molecular formula is C19H27N3O3. The van der Waals surface area contributed by atoms with E-state index in [4.69, 9.17) is 4.74 Å². The second-order valence-corrected chi connectivity index (χ2v) is 6.77. The molecular weight excluding hydrogens is 318 g/mol. The average Bonchev–Trinajstić information content (AvgIpc) is 2.66. The van der Waals surface area contributed by atoms with E-state index in [1.807, 2.05) is 0 Å². The average molecular weight is 345 g/mol. The van der Waals surface area contributed by atoms with Gasteiger partial charge in [0.2, 0.25) is 5.91 Å². The standard InChI is InChI=1S/C19H27N3O3/c1-25-14-18(23)21-9-11-22(12-10-21)19(24)20-13-16-7-4-6-15-5-2-3-8-17(15)16/h2-3,5,8,16H,4,6-7,9-14H2,1H3,(H,20,24). The zero-order valence-corrected chi connectivity index (χ0v) is 14.9. The first-order valence-electron chi connectivity index (χ1n) is 9.06. The zero-order valence-electron chi connectivity index (χ0n) is 14.9. The highest BCUT2D eigenvalue weighted by Gasteiger charge is 2.25. The van der Waals surface area contributed by atoms with Crippen molar-refractivity contribution in [2.75, 3.05) is 46.4 Å². The number of nitrogens with one attached hydrogen (secondary N) is 1. The summed E-state index contributed by atoms with van der Waals surface area (Å²) in [6.45, 7) is 3.07. The van der Waals surface area contributed by atoms with Crippen LogP contribution in [0.3, 0.4) is 0 Å². The van der Waals surface area contributed by atoms with E-state index in [9.17, 15) is 9.59 Å². The van der Waals surface area contributed by atoms with Gasteiger partial charge in [-0.25, -0.2) is 4.79 Å². The smallest absolute Gasteiger partial charge is 0.317 e. The fourth-order valence-electron chi connectivity index (χ4n) is 3.76. The highest BCUT2D eigenvalue weighted by Crippen LogP contribution is 2.30. The zero-order chi connectivity index (χ0) is 17.6. The molecule has 136 valence electrons. The molecule has 1 unspecified atom stereocenters. The van der Waals surface area contributed by atoms with Gasteiger partial charge >= 0.3 is 6.03 Å². The molecule has 0 bridgehead atoms. The number of carbonyl (C=O) groups is 2. The summed E-state index contributed by atoms with van der Waals surface area (Å²) in [5, 5.41) is 3.09. The molecule has 1 fully saturated rings. The molecule has 0 aromatic heterocycles. The highest BCUT2D eigenvalue weighted by molar-refractivity contribution is 5.78. The van der Waals surface area contributed by atoms with E-state index in [1.54, 1.807) is 9.80 Å². The van der Waals surface area contributed by atoms with Crippen molar-refractivity contribution in [2.24, 2.45) is 0 Å². The van der Waals surface area contributed by atoms with E-state index in [1.165, 1.54) is 24.7 Å². The Morgan fingerprint density at radius 2 is 1.88 bits per heavy atom. The summed E-state index contributed by atoms with van der Waals surface area (Å²) in [6, 6.07) is 8.52. The maximum Gasteiger partial charge on any atom is 0.317 e. The summed E-state index contributed by atoms with van der Waals surface area (Å²) in [6.07, 6.45) is 3.44. The molecule has 1 aromatic carbocycles. The van der Waals surface area contributed by atoms with Crippen LogP contribution in [0.1, 0.15) is 29.9 Å². The van der Waals surface area contributed by atoms with Crippen molar-refractivity contribution in [3.63, 3.8) is 0 Å². The van der Waals surface area contributed by atoms with Crippen molar-refractivity contribution in [1.29, 1.82) is 0 Å². The van der Waals surface area contributed by atoms with Crippen LogP contribution in [0.2, 0.25) is 0 Å². The molecule has 1 atom stereocenters. The Balaban J connectivity index is 1.47. The Morgan fingerprint density at radius 1 is 1.16 bits per heavy atom. The number of piperazine rings is 1. The van der Waals surface area contributed by atoms with Crippen molar-refractivity contribution in [3.8, 4) is 0 Å². The third kappa shape index (κ3) is 4.31. The van der Waals surface area contributed by atoms with E-state index in [-0.39, 0.29) is 18.5 Å². The molecule has 3 rings (SSSR count). The minimum atomic E-state index is -0.0260. The number of benzene rings is 1. The summed E-state index contributed by atoms with van der Waals surface area (Å²) < 4.78 is 4.88. The Hall–Kier alpha value is -2.08. The number of fused-ring (bicyclic) bond motifs is 1. The first kappa shape index (κ1) is 17.7. The first-order chi connectivity index (χ1) is 12.2. The maximum absolute atomic E-state index is 12.4. The van der Waals surface area contributed by atoms with Gasteiger partial charge in [-0.3, -0.25) is 4.79 Å². The third-order valence-corrected chi connectivity index (χ3v) is 5.18. The van der Waals surface area contributed by atoms with Gasteiger partial charge in [0.1, 0.15) is 6.61 Å². The van der Waals surface area contributed by atoms with Crippen LogP contribution >= 0.6 is 0 Å². The van der Waals surface area contributed by atoms with Crippen molar-refractivity contribution >= 4 is 11.9 Å². The van der Waals surface area contributed by atoms with Crippen LogP contribution < -0.4 is 5.32 Å². The highest BCUT2D eigenvalue weighted by atomic mass is 16.5. The number of nitrogens with zero attached hydrogens (tertiary/aromatic N) is 2. The number of aryl methyl sites for hydroxylation is 1. The minimum Gasteiger partial charge on any atom is -0.375 e. The van der Waals surface area contributed by atoms with Crippen LogP contribution in [-0.4, -0.2) is 68.2 Å². The Morgan fingerprint density at radius 3 is 2.64 bits per heavy atom. The van der Waals surface area contributed by atoms with E-state index in [0.29, 0.717) is 38.6 Å².